The van der Waals surface area contributed by atoms with Crippen molar-refractivity contribution in [1.29, 1.82) is 0 Å². The van der Waals surface area contributed by atoms with E-state index in [9.17, 15) is 13.2 Å². The van der Waals surface area contributed by atoms with Gasteiger partial charge in [-0.25, -0.2) is 8.42 Å². The lowest BCUT2D eigenvalue weighted by Crippen LogP contribution is -2.26. The molecule has 7 heteroatoms. The first-order valence-electron chi connectivity index (χ1n) is 8.95. The van der Waals surface area contributed by atoms with Crippen LogP contribution in [0.25, 0.3) is 0 Å². The van der Waals surface area contributed by atoms with Crippen LogP contribution in [0.4, 0.5) is 5.69 Å². The third kappa shape index (κ3) is 5.14. The molecular weight excluding hydrogens is 388 g/mol. The van der Waals surface area contributed by atoms with Crippen LogP contribution in [0.5, 0.6) is 5.75 Å². The lowest BCUT2D eigenvalue weighted by molar-refractivity contribution is 0.0785. The number of nitrogens with one attached hydrogen (secondary N) is 1. The van der Waals surface area contributed by atoms with Gasteiger partial charge in [0.2, 0.25) is 0 Å². The third-order valence-electron chi connectivity index (χ3n) is 4.36. The summed E-state index contributed by atoms with van der Waals surface area (Å²) in [5.41, 5.74) is 1.86. The molecule has 0 aromatic heterocycles. The van der Waals surface area contributed by atoms with Crippen LogP contribution in [-0.2, 0) is 16.6 Å². The molecule has 0 spiro atoms. The summed E-state index contributed by atoms with van der Waals surface area (Å²) in [6.07, 6.45) is 0. The monoisotopic (exact) mass is 410 g/mol. The Balaban J connectivity index is 1.69. The van der Waals surface area contributed by atoms with Crippen molar-refractivity contribution >= 4 is 21.6 Å². The standard InChI is InChI=1S/C22H22N2O4S/c1-24(16-17-8-12-20(28-2)13-9-17)22(25)18-10-14-21(15-11-18)29(26,27)23-19-6-4-3-5-7-19/h3-15,23H,16H2,1-2H3. The van der Waals surface area contributed by atoms with E-state index >= 15 is 0 Å². The second-order valence-electron chi connectivity index (χ2n) is 6.51. The number of anilines is 1. The van der Waals surface area contributed by atoms with Crippen LogP contribution in [-0.4, -0.2) is 33.4 Å². The number of hydrogen-bond donors (Lipinski definition) is 1. The summed E-state index contributed by atoms with van der Waals surface area (Å²) in [6, 6.07) is 22.0. The molecule has 3 aromatic carbocycles. The molecule has 6 nitrogen and oxygen atoms in total. The number of methoxy groups -OCH3 is 1. The van der Waals surface area contributed by atoms with Gasteiger partial charge in [-0.1, -0.05) is 30.3 Å². The van der Waals surface area contributed by atoms with Crippen molar-refractivity contribution in [3.63, 3.8) is 0 Å². The summed E-state index contributed by atoms with van der Waals surface area (Å²) >= 11 is 0. The maximum atomic E-state index is 12.7. The van der Waals surface area contributed by atoms with Crippen molar-refractivity contribution in [3.05, 3.63) is 90.0 Å². The van der Waals surface area contributed by atoms with Gasteiger partial charge in [0.05, 0.1) is 12.0 Å². The molecule has 29 heavy (non-hydrogen) atoms. The van der Waals surface area contributed by atoms with E-state index in [1.165, 1.54) is 24.3 Å². The third-order valence-corrected chi connectivity index (χ3v) is 5.76. The van der Waals surface area contributed by atoms with E-state index in [1.54, 1.807) is 49.4 Å². The van der Waals surface area contributed by atoms with Gasteiger partial charge in [0, 0.05) is 24.8 Å². The summed E-state index contributed by atoms with van der Waals surface area (Å²) in [7, 11) is -0.414. The van der Waals surface area contributed by atoms with Crippen molar-refractivity contribution in [1.82, 2.24) is 4.90 Å². The van der Waals surface area contributed by atoms with Gasteiger partial charge in [-0.15, -0.1) is 0 Å². The highest BCUT2D eigenvalue weighted by atomic mass is 32.2. The molecule has 1 amide bonds. The molecule has 0 atom stereocenters. The predicted molar refractivity (Wildman–Crippen MR) is 112 cm³/mol. The number of carbonyl (C=O) groups excluding carboxylic acids is 1. The molecule has 3 aromatic rings. The van der Waals surface area contributed by atoms with E-state index in [4.69, 9.17) is 4.74 Å². The number of para-hydroxylation sites is 1. The van der Waals surface area contributed by atoms with Crippen molar-refractivity contribution < 1.29 is 17.9 Å². The highest BCUT2D eigenvalue weighted by Gasteiger charge is 2.17. The minimum absolute atomic E-state index is 0.0933. The molecule has 150 valence electrons. The second kappa shape index (κ2) is 8.79. The molecule has 0 aliphatic rings. The second-order valence-corrected chi connectivity index (χ2v) is 8.19. The van der Waals surface area contributed by atoms with Crippen LogP contribution in [0, 0.1) is 0 Å². The maximum absolute atomic E-state index is 12.7. The van der Waals surface area contributed by atoms with Crippen LogP contribution in [0.15, 0.2) is 83.8 Å². The number of rotatable bonds is 7. The Kier molecular flexibility index (Phi) is 6.19. The summed E-state index contributed by atoms with van der Waals surface area (Å²) in [4.78, 5) is 14.3. The molecule has 1 N–H and O–H groups in total. The van der Waals surface area contributed by atoms with Gasteiger partial charge in [-0.05, 0) is 54.1 Å². The molecule has 0 bridgehead atoms. The normalized spacial score (nSPS) is 11.0. The van der Waals surface area contributed by atoms with E-state index in [0.717, 1.165) is 11.3 Å². The number of sulfonamides is 1. The Bertz CT molecular complexity index is 1060. The largest absolute Gasteiger partial charge is 0.497 e. The first kappa shape index (κ1) is 20.4. The van der Waals surface area contributed by atoms with Crippen LogP contribution in [0.2, 0.25) is 0 Å². The van der Waals surface area contributed by atoms with Gasteiger partial charge in [0.15, 0.2) is 0 Å². The number of amides is 1. The van der Waals surface area contributed by atoms with Gasteiger partial charge < -0.3 is 9.64 Å². The van der Waals surface area contributed by atoms with Crippen LogP contribution >= 0.6 is 0 Å². The number of benzene rings is 3. The van der Waals surface area contributed by atoms with Crippen LogP contribution in [0.3, 0.4) is 0 Å². The minimum Gasteiger partial charge on any atom is -0.497 e. The first-order valence-corrected chi connectivity index (χ1v) is 10.4. The molecule has 0 heterocycles. The van der Waals surface area contributed by atoms with Crippen LogP contribution < -0.4 is 9.46 Å². The molecule has 0 saturated heterocycles. The summed E-state index contributed by atoms with van der Waals surface area (Å²) < 4.78 is 32.6. The van der Waals surface area contributed by atoms with Crippen molar-refractivity contribution in [2.24, 2.45) is 0 Å². The van der Waals surface area contributed by atoms with Crippen molar-refractivity contribution in [2.75, 3.05) is 18.9 Å². The zero-order valence-electron chi connectivity index (χ0n) is 16.2. The van der Waals surface area contributed by atoms with Gasteiger partial charge >= 0.3 is 0 Å². The summed E-state index contributed by atoms with van der Waals surface area (Å²) in [5, 5.41) is 0. The van der Waals surface area contributed by atoms with E-state index in [2.05, 4.69) is 4.72 Å². The Morgan fingerprint density at radius 3 is 2.14 bits per heavy atom. The van der Waals surface area contributed by atoms with E-state index in [0.29, 0.717) is 17.8 Å². The fourth-order valence-corrected chi connectivity index (χ4v) is 3.85. The average molecular weight is 410 g/mol. The number of nitrogens with zero attached hydrogens (tertiary/aromatic N) is 1. The van der Waals surface area contributed by atoms with Gasteiger partial charge in [0.1, 0.15) is 5.75 Å². The molecule has 0 unspecified atom stereocenters. The highest BCUT2D eigenvalue weighted by Crippen LogP contribution is 2.18. The van der Waals surface area contributed by atoms with Crippen molar-refractivity contribution in [2.45, 2.75) is 11.4 Å². The van der Waals surface area contributed by atoms with Gasteiger partial charge in [-0.2, -0.15) is 0 Å². The Hall–Kier alpha value is -3.32. The fraction of sp³-hybridized carbons (Fsp3) is 0.136. The molecule has 0 radical (unpaired) electrons. The summed E-state index contributed by atoms with van der Waals surface area (Å²) in [5.74, 6) is 0.560. The quantitative estimate of drug-likeness (QED) is 0.643. The molecule has 3 rings (SSSR count). The molecule has 0 aliphatic heterocycles. The van der Waals surface area contributed by atoms with E-state index < -0.39 is 10.0 Å². The number of carbonyl (C=O) groups is 1. The van der Waals surface area contributed by atoms with Gasteiger partial charge in [0.25, 0.3) is 15.9 Å². The Morgan fingerprint density at radius 1 is 0.931 bits per heavy atom. The lowest BCUT2D eigenvalue weighted by atomic mass is 10.1. The summed E-state index contributed by atoms with van der Waals surface area (Å²) in [6.45, 7) is 0.429. The van der Waals surface area contributed by atoms with E-state index in [1.807, 2.05) is 24.3 Å². The molecule has 0 aliphatic carbocycles. The van der Waals surface area contributed by atoms with E-state index in [-0.39, 0.29) is 10.8 Å². The number of ether oxygens (including phenoxy) is 1. The maximum Gasteiger partial charge on any atom is 0.261 e. The van der Waals surface area contributed by atoms with Crippen molar-refractivity contribution in [3.8, 4) is 5.75 Å². The lowest BCUT2D eigenvalue weighted by Gasteiger charge is -2.18. The Morgan fingerprint density at radius 2 is 1.55 bits per heavy atom. The van der Waals surface area contributed by atoms with Crippen LogP contribution in [0.1, 0.15) is 15.9 Å². The minimum atomic E-state index is -3.72. The van der Waals surface area contributed by atoms with Gasteiger partial charge in [-0.3, -0.25) is 9.52 Å². The topological polar surface area (TPSA) is 75.7 Å². The Labute approximate surface area is 170 Å². The molecular formula is C22H22N2O4S. The molecule has 0 fully saturated rings. The zero-order valence-corrected chi connectivity index (χ0v) is 17.0. The fourth-order valence-electron chi connectivity index (χ4n) is 2.79. The SMILES string of the molecule is COc1ccc(CN(C)C(=O)c2ccc(S(=O)(=O)Nc3ccccc3)cc2)cc1. The highest BCUT2D eigenvalue weighted by molar-refractivity contribution is 7.92. The zero-order chi connectivity index (χ0) is 20.9. The molecule has 0 saturated carbocycles. The smallest absolute Gasteiger partial charge is 0.261 e. The predicted octanol–water partition coefficient (Wildman–Crippen LogP) is 3.77. The first-order chi connectivity index (χ1) is 13.9. The average Bonchev–Trinajstić information content (AvgIpc) is 2.74. The number of hydrogen-bond acceptors (Lipinski definition) is 4.